The molecule has 4 nitrogen and oxygen atoms in total. The van der Waals surface area contributed by atoms with Gasteiger partial charge in [0.2, 0.25) is 0 Å². The summed E-state index contributed by atoms with van der Waals surface area (Å²) in [6.45, 7) is 1.74. The molecule has 0 amide bonds. The Kier molecular flexibility index (Phi) is 5.29. The van der Waals surface area contributed by atoms with Crippen molar-refractivity contribution in [2.75, 3.05) is 14.2 Å². The number of carbonyl (C=O) groups excluding carboxylic acids is 1. The van der Waals surface area contributed by atoms with Crippen molar-refractivity contribution in [2.45, 2.75) is 6.92 Å². The number of rotatable bonds is 5. The molecule has 1 N–H and O–H groups in total. The van der Waals surface area contributed by atoms with E-state index in [2.05, 4.69) is 0 Å². The fourth-order valence-electron chi connectivity index (χ4n) is 2.11. The lowest BCUT2D eigenvalue weighted by molar-refractivity contribution is 0.104. The van der Waals surface area contributed by atoms with Gasteiger partial charge in [0.1, 0.15) is 5.75 Å². The second kappa shape index (κ2) is 7.20. The number of hydrogen-bond donors (Lipinski definition) is 1. The van der Waals surface area contributed by atoms with Gasteiger partial charge in [-0.05, 0) is 54.5 Å². The summed E-state index contributed by atoms with van der Waals surface area (Å²) in [6, 6.07) is 8.15. The molecule has 0 heterocycles. The molecule has 0 saturated carbocycles. The quantitative estimate of drug-likeness (QED) is 0.656. The van der Waals surface area contributed by atoms with E-state index in [4.69, 9.17) is 21.1 Å². The minimum Gasteiger partial charge on any atom is -0.508 e. The normalized spacial score (nSPS) is 10.8. The summed E-state index contributed by atoms with van der Waals surface area (Å²) in [5, 5.41) is 9.90. The molecule has 23 heavy (non-hydrogen) atoms. The van der Waals surface area contributed by atoms with Crippen molar-refractivity contribution in [1.82, 2.24) is 0 Å². The molecule has 0 spiro atoms. The molecule has 0 fully saturated rings. The predicted octanol–water partition coefficient (Wildman–Crippen LogP) is 4.27. The van der Waals surface area contributed by atoms with Crippen molar-refractivity contribution in [3.63, 3.8) is 0 Å². The van der Waals surface area contributed by atoms with Crippen molar-refractivity contribution < 1.29 is 19.4 Å². The number of carbonyl (C=O) groups is 1. The molecule has 0 aromatic heterocycles. The van der Waals surface area contributed by atoms with Gasteiger partial charge in [0, 0.05) is 5.56 Å². The van der Waals surface area contributed by atoms with Crippen LogP contribution in [0.3, 0.4) is 0 Å². The Morgan fingerprint density at radius 3 is 2.52 bits per heavy atom. The van der Waals surface area contributed by atoms with Gasteiger partial charge in [-0.1, -0.05) is 17.7 Å². The summed E-state index contributed by atoms with van der Waals surface area (Å²) in [5.41, 5.74) is 1.87. The number of halogens is 1. The maximum atomic E-state index is 12.2. The Morgan fingerprint density at radius 2 is 1.91 bits per heavy atom. The van der Waals surface area contributed by atoms with E-state index in [1.165, 1.54) is 26.4 Å². The van der Waals surface area contributed by atoms with Gasteiger partial charge in [-0.15, -0.1) is 0 Å². The van der Waals surface area contributed by atoms with Gasteiger partial charge in [0.15, 0.2) is 17.3 Å². The Labute approximate surface area is 139 Å². The fourth-order valence-corrected chi connectivity index (χ4v) is 2.41. The van der Waals surface area contributed by atoms with Crippen LogP contribution in [0.2, 0.25) is 5.02 Å². The van der Waals surface area contributed by atoms with E-state index in [1.54, 1.807) is 37.3 Å². The van der Waals surface area contributed by atoms with Crippen LogP contribution >= 0.6 is 11.6 Å². The molecule has 0 unspecified atom stereocenters. The third-order valence-electron chi connectivity index (χ3n) is 3.36. The van der Waals surface area contributed by atoms with Crippen LogP contribution in [0.1, 0.15) is 21.5 Å². The second-order valence-corrected chi connectivity index (χ2v) is 5.34. The maximum absolute atomic E-state index is 12.2. The van der Waals surface area contributed by atoms with Crippen LogP contribution in [-0.4, -0.2) is 25.1 Å². The van der Waals surface area contributed by atoms with Crippen molar-refractivity contribution in [3.05, 3.63) is 58.1 Å². The van der Waals surface area contributed by atoms with Crippen molar-refractivity contribution in [2.24, 2.45) is 0 Å². The Morgan fingerprint density at radius 1 is 1.17 bits per heavy atom. The summed E-state index contributed by atoms with van der Waals surface area (Å²) in [4.78, 5) is 12.2. The second-order valence-electron chi connectivity index (χ2n) is 4.94. The molecule has 0 radical (unpaired) electrons. The Bertz CT molecular complexity index is 766. The van der Waals surface area contributed by atoms with Gasteiger partial charge < -0.3 is 14.6 Å². The molecule has 0 aliphatic rings. The van der Waals surface area contributed by atoms with E-state index < -0.39 is 0 Å². The molecule has 0 saturated heterocycles. The average Bonchev–Trinajstić information content (AvgIpc) is 2.54. The minimum atomic E-state index is -0.168. The summed E-state index contributed by atoms with van der Waals surface area (Å²) in [6.07, 6.45) is 3.10. The van der Waals surface area contributed by atoms with Crippen molar-refractivity contribution >= 4 is 23.5 Å². The first-order chi connectivity index (χ1) is 11.0. The highest BCUT2D eigenvalue weighted by Gasteiger charge is 2.10. The third-order valence-corrected chi connectivity index (χ3v) is 3.65. The lowest BCUT2D eigenvalue weighted by Gasteiger charge is -2.10. The molecule has 5 heteroatoms. The van der Waals surface area contributed by atoms with Gasteiger partial charge in [-0.3, -0.25) is 4.79 Å². The number of phenols is 1. The molecule has 0 bridgehead atoms. The van der Waals surface area contributed by atoms with Crippen LogP contribution in [-0.2, 0) is 0 Å². The van der Waals surface area contributed by atoms with E-state index in [-0.39, 0.29) is 11.5 Å². The van der Waals surface area contributed by atoms with Crippen LogP contribution < -0.4 is 9.47 Å². The fraction of sp³-hybridized carbons (Fsp3) is 0.167. The number of aromatic hydroxyl groups is 1. The van der Waals surface area contributed by atoms with Crippen molar-refractivity contribution in [3.8, 4) is 17.2 Å². The van der Waals surface area contributed by atoms with Gasteiger partial charge in [0.05, 0.1) is 19.2 Å². The standard InChI is InChI=1S/C18H17ClO4/c1-11-8-13(5-7-15(11)20)16(21)6-4-12-9-14(19)18(23-3)17(10-12)22-2/h4-10,20H,1-3H3/b6-4+. The summed E-state index contributed by atoms with van der Waals surface area (Å²) < 4.78 is 10.4. The lowest BCUT2D eigenvalue weighted by atomic mass is 10.1. The number of hydrogen-bond acceptors (Lipinski definition) is 4. The summed E-state index contributed by atoms with van der Waals surface area (Å²) in [5.74, 6) is 0.940. The highest BCUT2D eigenvalue weighted by molar-refractivity contribution is 6.32. The van der Waals surface area contributed by atoms with Gasteiger partial charge >= 0.3 is 0 Å². The molecule has 2 rings (SSSR count). The highest BCUT2D eigenvalue weighted by Crippen LogP contribution is 2.36. The zero-order chi connectivity index (χ0) is 17.0. The molecule has 120 valence electrons. The van der Waals surface area contributed by atoms with Crippen LogP contribution in [0.5, 0.6) is 17.2 Å². The topological polar surface area (TPSA) is 55.8 Å². The summed E-state index contributed by atoms with van der Waals surface area (Å²) >= 11 is 6.13. The maximum Gasteiger partial charge on any atom is 0.185 e. The lowest BCUT2D eigenvalue weighted by Crippen LogP contribution is -1.95. The van der Waals surface area contributed by atoms with Gasteiger partial charge in [0.25, 0.3) is 0 Å². The first-order valence-corrected chi connectivity index (χ1v) is 7.27. The minimum absolute atomic E-state index is 0.164. The van der Waals surface area contributed by atoms with E-state index in [9.17, 15) is 9.90 Å². The van der Waals surface area contributed by atoms with Crippen LogP contribution in [0.15, 0.2) is 36.4 Å². The Hall–Kier alpha value is -2.46. The first kappa shape index (κ1) is 16.9. The van der Waals surface area contributed by atoms with Gasteiger partial charge in [-0.25, -0.2) is 0 Å². The molecule has 0 atom stereocenters. The smallest absolute Gasteiger partial charge is 0.185 e. The number of methoxy groups -OCH3 is 2. The van der Waals surface area contributed by atoms with Crippen LogP contribution in [0, 0.1) is 6.92 Å². The van der Waals surface area contributed by atoms with E-state index in [1.807, 2.05) is 0 Å². The van der Waals surface area contributed by atoms with Crippen LogP contribution in [0.4, 0.5) is 0 Å². The highest BCUT2D eigenvalue weighted by atomic mass is 35.5. The largest absolute Gasteiger partial charge is 0.508 e. The number of allylic oxidation sites excluding steroid dienone is 1. The SMILES string of the molecule is COc1cc(/C=C/C(=O)c2ccc(O)c(C)c2)cc(Cl)c1OC. The molecule has 0 aliphatic heterocycles. The van der Waals surface area contributed by atoms with E-state index in [0.29, 0.717) is 27.6 Å². The Balaban J connectivity index is 2.27. The van der Waals surface area contributed by atoms with E-state index >= 15 is 0 Å². The zero-order valence-electron chi connectivity index (χ0n) is 13.1. The zero-order valence-corrected chi connectivity index (χ0v) is 13.8. The number of aryl methyl sites for hydroxylation is 1. The summed E-state index contributed by atoms with van der Waals surface area (Å²) in [7, 11) is 3.03. The monoisotopic (exact) mass is 332 g/mol. The molecule has 2 aromatic rings. The average molecular weight is 333 g/mol. The van der Waals surface area contributed by atoms with Crippen LogP contribution in [0.25, 0.3) is 6.08 Å². The predicted molar refractivity (Wildman–Crippen MR) is 90.8 cm³/mol. The number of benzene rings is 2. The molecule has 2 aromatic carbocycles. The van der Waals surface area contributed by atoms with Gasteiger partial charge in [-0.2, -0.15) is 0 Å². The third kappa shape index (κ3) is 3.85. The van der Waals surface area contributed by atoms with E-state index in [0.717, 1.165) is 5.56 Å². The number of phenolic OH excluding ortho intramolecular Hbond substituents is 1. The molecular formula is C18H17ClO4. The molecule has 0 aliphatic carbocycles. The first-order valence-electron chi connectivity index (χ1n) is 6.89. The molecular weight excluding hydrogens is 316 g/mol. The van der Waals surface area contributed by atoms with Crippen molar-refractivity contribution in [1.29, 1.82) is 0 Å². The number of ether oxygens (including phenoxy) is 2. The number of ketones is 1.